The van der Waals surface area contributed by atoms with Gasteiger partial charge in [-0.2, -0.15) is 5.10 Å². The largest absolute Gasteiger partial charge is 0.322 e. The van der Waals surface area contributed by atoms with Crippen LogP contribution in [0.4, 0.5) is 5.69 Å². The van der Waals surface area contributed by atoms with Gasteiger partial charge in [-0.15, -0.1) is 11.6 Å². The molecule has 2 aromatic heterocycles. The van der Waals surface area contributed by atoms with Gasteiger partial charge < -0.3 is 5.32 Å². The highest BCUT2D eigenvalue weighted by atomic mass is 35.5. The molecule has 1 unspecified atom stereocenters. The van der Waals surface area contributed by atoms with E-state index in [1.165, 1.54) is 17.3 Å². The van der Waals surface area contributed by atoms with Gasteiger partial charge in [0.2, 0.25) is 5.91 Å². The zero-order chi connectivity index (χ0) is 12.3. The van der Waals surface area contributed by atoms with Crippen LogP contribution in [0, 0.1) is 0 Å². The molecule has 6 nitrogen and oxygen atoms in total. The summed E-state index contributed by atoms with van der Waals surface area (Å²) in [5.74, 6) is 0.205. The van der Waals surface area contributed by atoms with Gasteiger partial charge in [-0.1, -0.05) is 0 Å². The second kappa shape index (κ2) is 4.92. The molecule has 1 atom stereocenters. The summed E-state index contributed by atoms with van der Waals surface area (Å²) in [7, 11) is 0. The Morgan fingerprint density at radius 3 is 3.06 bits per heavy atom. The fourth-order valence-electron chi connectivity index (χ4n) is 1.23. The normalized spacial score (nSPS) is 12.1. The zero-order valence-electron chi connectivity index (χ0n) is 9.04. The first-order valence-electron chi connectivity index (χ1n) is 4.93. The highest BCUT2D eigenvalue weighted by Crippen LogP contribution is 2.16. The van der Waals surface area contributed by atoms with Gasteiger partial charge in [-0.05, 0) is 19.1 Å². The SMILES string of the molecule is CC(Cl)C(=O)Nc1cccnc1-n1cncn1. The summed E-state index contributed by atoms with van der Waals surface area (Å²) in [6.45, 7) is 1.60. The van der Waals surface area contributed by atoms with Crippen molar-refractivity contribution in [3.63, 3.8) is 0 Å². The van der Waals surface area contributed by atoms with E-state index >= 15 is 0 Å². The molecule has 0 radical (unpaired) electrons. The van der Waals surface area contributed by atoms with Gasteiger partial charge in [-0.25, -0.2) is 14.6 Å². The molecular formula is C10H10ClN5O. The predicted octanol–water partition coefficient (Wildman–Crippen LogP) is 1.23. The molecule has 0 bridgehead atoms. The Kier molecular flexibility index (Phi) is 3.34. The fraction of sp³-hybridized carbons (Fsp3) is 0.200. The highest BCUT2D eigenvalue weighted by Gasteiger charge is 2.13. The van der Waals surface area contributed by atoms with Crippen molar-refractivity contribution in [3.05, 3.63) is 31.0 Å². The molecule has 7 heteroatoms. The predicted molar refractivity (Wildman–Crippen MR) is 63.1 cm³/mol. The second-order valence-corrected chi connectivity index (χ2v) is 3.97. The van der Waals surface area contributed by atoms with Crippen LogP contribution in [0.15, 0.2) is 31.0 Å². The molecule has 0 fully saturated rings. The van der Waals surface area contributed by atoms with E-state index in [1.807, 2.05) is 0 Å². The molecule has 88 valence electrons. The molecule has 0 aliphatic heterocycles. The summed E-state index contributed by atoms with van der Waals surface area (Å²) in [6.07, 6.45) is 4.50. The van der Waals surface area contributed by atoms with Gasteiger partial charge in [0.1, 0.15) is 18.0 Å². The average Bonchev–Trinajstić information content (AvgIpc) is 2.83. The molecule has 1 amide bonds. The summed E-state index contributed by atoms with van der Waals surface area (Å²) in [5.41, 5.74) is 0.538. The van der Waals surface area contributed by atoms with Crippen molar-refractivity contribution in [1.82, 2.24) is 19.7 Å². The number of aromatic nitrogens is 4. The minimum atomic E-state index is -0.612. The summed E-state index contributed by atoms with van der Waals surface area (Å²) < 4.78 is 1.47. The van der Waals surface area contributed by atoms with Crippen molar-refractivity contribution in [1.29, 1.82) is 0 Å². The monoisotopic (exact) mass is 251 g/mol. The summed E-state index contributed by atoms with van der Waals surface area (Å²) in [6, 6.07) is 3.44. The van der Waals surface area contributed by atoms with E-state index in [9.17, 15) is 4.79 Å². The topological polar surface area (TPSA) is 72.7 Å². The lowest BCUT2D eigenvalue weighted by molar-refractivity contribution is -0.115. The minimum Gasteiger partial charge on any atom is -0.322 e. The molecule has 2 rings (SSSR count). The van der Waals surface area contributed by atoms with Crippen molar-refractivity contribution in [2.75, 3.05) is 5.32 Å². The molecule has 1 N–H and O–H groups in total. The fourth-order valence-corrected chi connectivity index (χ4v) is 1.28. The van der Waals surface area contributed by atoms with E-state index in [2.05, 4.69) is 20.4 Å². The Labute approximate surface area is 103 Å². The lowest BCUT2D eigenvalue weighted by Gasteiger charge is -2.10. The summed E-state index contributed by atoms with van der Waals surface area (Å²) >= 11 is 5.69. The van der Waals surface area contributed by atoms with Crippen molar-refractivity contribution >= 4 is 23.2 Å². The number of alkyl halides is 1. The van der Waals surface area contributed by atoms with E-state index in [4.69, 9.17) is 11.6 Å². The molecular weight excluding hydrogens is 242 g/mol. The molecule has 0 saturated heterocycles. The van der Waals surface area contributed by atoms with Crippen molar-refractivity contribution in [3.8, 4) is 5.82 Å². The number of hydrogen-bond acceptors (Lipinski definition) is 4. The first-order chi connectivity index (χ1) is 8.18. The van der Waals surface area contributed by atoms with Crippen LogP contribution < -0.4 is 5.32 Å². The van der Waals surface area contributed by atoms with Crippen LogP contribution in [0.25, 0.3) is 5.82 Å². The molecule has 2 aromatic rings. The van der Waals surface area contributed by atoms with Gasteiger partial charge in [0.05, 0.1) is 5.69 Å². The maximum Gasteiger partial charge on any atom is 0.242 e. The third-order valence-electron chi connectivity index (χ3n) is 2.04. The smallest absolute Gasteiger partial charge is 0.242 e. The summed E-state index contributed by atoms with van der Waals surface area (Å²) in [4.78, 5) is 19.5. The Morgan fingerprint density at radius 2 is 2.41 bits per heavy atom. The van der Waals surface area contributed by atoms with E-state index in [1.54, 1.807) is 25.3 Å². The highest BCUT2D eigenvalue weighted by molar-refractivity contribution is 6.32. The van der Waals surface area contributed by atoms with Gasteiger partial charge in [0.25, 0.3) is 0 Å². The molecule has 0 aliphatic rings. The van der Waals surface area contributed by atoms with Crippen LogP contribution in [0.1, 0.15) is 6.92 Å². The van der Waals surface area contributed by atoms with Gasteiger partial charge in [-0.3, -0.25) is 4.79 Å². The number of halogens is 1. The molecule has 0 aromatic carbocycles. The van der Waals surface area contributed by atoms with Crippen LogP contribution in [0.5, 0.6) is 0 Å². The number of carbonyl (C=O) groups excluding carboxylic acids is 1. The number of pyridine rings is 1. The number of nitrogens with one attached hydrogen (secondary N) is 1. The Balaban J connectivity index is 2.32. The number of nitrogens with zero attached hydrogens (tertiary/aromatic N) is 4. The lowest BCUT2D eigenvalue weighted by atomic mass is 10.3. The van der Waals surface area contributed by atoms with E-state index in [0.717, 1.165) is 0 Å². The Hall–Kier alpha value is -1.95. The maximum atomic E-state index is 11.5. The van der Waals surface area contributed by atoms with Crippen LogP contribution >= 0.6 is 11.6 Å². The standard InChI is InChI=1S/C10H10ClN5O/c1-7(11)10(17)15-8-3-2-4-13-9(8)16-6-12-5-14-16/h2-7H,1H3,(H,15,17). The van der Waals surface area contributed by atoms with E-state index < -0.39 is 5.38 Å². The van der Waals surface area contributed by atoms with Crippen molar-refractivity contribution < 1.29 is 4.79 Å². The number of hydrogen-bond donors (Lipinski definition) is 1. The maximum absolute atomic E-state index is 11.5. The molecule has 0 saturated carbocycles. The third-order valence-corrected chi connectivity index (χ3v) is 2.24. The van der Waals surface area contributed by atoms with Gasteiger partial charge >= 0.3 is 0 Å². The lowest BCUT2D eigenvalue weighted by Crippen LogP contribution is -2.21. The van der Waals surface area contributed by atoms with Gasteiger partial charge in [0.15, 0.2) is 5.82 Å². The number of anilines is 1. The van der Waals surface area contributed by atoms with Crippen molar-refractivity contribution in [2.24, 2.45) is 0 Å². The van der Waals surface area contributed by atoms with E-state index in [0.29, 0.717) is 11.5 Å². The Morgan fingerprint density at radius 1 is 1.59 bits per heavy atom. The van der Waals surface area contributed by atoms with E-state index in [-0.39, 0.29) is 5.91 Å². The number of rotatable bonds is 3. The summed E-state index contributed by atoms with van der Waals surface area (Å²) in [5, 5.41) is 6.02. The van der Waals surface area contributed by atoms with Crippen LogP contribution in [0.2, 0.25) is 0 Å². The average molecular weight is 252 g/mol. The molecule has 2 heterocycles. The van der Waals surface area contributed by atoms with Gasteiger partial charge in [0, 0.05) is 6.20 Å². The first kappa shape index (κ1) is 11.5. The van der Waals surface area contributed by atoms with Crippen LogP contribution in [-0.4, -0.2) is 31.0 Å². The molecule has 17 heavy (non-hydrogen) atoms. The Bertz CT molecular complexity index is 511. The quantitative estimate of drug-likeness (QED) is 0.833. The minimum absolute atomic E-state index is 0.291. The number of carbonyl (C=O) groups is 1. The van der Waals surface area contributed by atoms with Crippen molar-refractivity contribution in [2.45, 2.75) is 12.3 Å². The number of amides is 1. The third kappa shape index (κ3) is 2.59. The second-order valence-electron chi connectivity index (χ2n) is 3.32. The first-order valence-corrected chi connectivity index (χ1v) is 5.37. The van der Waals surface area contributed by atoms with Crippen LogP contribution in [0.3, 0.4) is 0 Å². The zero-order valence-corrected chi connectivity index (χ0v) is 9.80. The molecule has 0 aliphatic carbocycles. The molecule has 0 spiro atoms. The van der Waals surface area contributed by atoms with Crippen LogP contribution in [-0.2, 0) is 4.79 Å².